The van der Waals surface area contributed by atoms with Crippen LogP contribution in [-0.2, 0) is 0 Å². The molecule has 0 amide bonds. The summed E-state index contributed by atoms with van der Waals surface area (Å²) >= 11 is 0. The lowest BCUT2D eigenvalue weighted by Crippen LogP contribution is -2.34. The van der Waals surface area contributed by atoms with Crippen LogP contribution in [0.1, 0.15) is 6.92 Å². The average molecular weight is 278 g/mol. The number of anilines is 2. The molecule has 0 radical (unpaired) electrons. The summed E-state index contributed by atoms with van der Waals surface area (Å²) in [7, 11) is 0. The summed E-state index contributed by atoms with van der Waals surface area (Å²) in [6.07, 6.45) is -4.39. The molecule has 0 aliphatic rings. The van der Waals surface area contributed by atoms with Crippen LogP contribution >= 0.6 is 0 Å². The van der Waals surface area contributed by atoms with Gasteiger partial charge in [0.2, 0.25) is 0 Å². The first-order valence-corrected chi connectivity index (χ1v) is 5.34. The summed E-state index contributed by atoms with van der Waals surface area (Å²) in [5.41, 5.74) is 2.12. The lowest BCUT2D eigenvalue weighted by atomic mass is 10.2. The van der Waals surface area contributed by atoms with Crippen molar-refractivity contribution < 1.29 is 18.1 Å². The van der Waals surface area contributed by atoms with Gasteiger partial charge in [0.05, 0.1) is 10.6 Å². The molecule has 0 atom stereocenters. The quantitative estimate of drug-likeness (QED) is 0.490. The van der Waals surface area contributed by atoms with Gasteiger partial charge in [-0.25, -0.2) is 0 Å². The van der Waals surface area contributed by atoms with E-state index in [0.29, 0.717) is 0 Å². The molecular weight excluding hydrogens is 265 g/mol. The minimum Gasteiger partial charge on any atom is -0.363 e. The number of nitro groups is 1. The van der Waals surface area contributed by atoms with E-state index in [1.807, 2.05) is 0 Å². The number of nitro benzene ring substituents is 1. The molecule has 0 spiro atoms. The van der Waals surface area contributed by atoms with Crippen molar-refractivity contribution in [2.24, 2.45) is 5.84 Å². The van der Waals surface area contributed by atoms with Crippen LogP contribution < -0.4 is 16.2 Å². The molecule has 0 bridgehead atoms. The Morgan fingerprint density at radius 1 is 1.42 bits per heavy atom. The van der Waals surface area contributed by atoms with E-state index in [-0.39, 0.29) is 23.6 Å². The maximum absolute atomic E-state index is 12.4. The van der Waals surface area contributed by atoms with Crippen molar-refractivity contribution in [3.05, 3.63) is 28.3 Å². The highest BCUT2D eigenvalue weighted by Gasteiger charge is 2.30. The molecule has 0 aliphatic heterocycles. The third kappa shape index (κ3) is 4.28. The first-order chi connectivity index (χ1) is 8.76. The zero-order valence-corrected chi connectivity index (χ0v) is 10.1. The number of hydrogen-bond acceptors (Lipinski definition) is 5. The van der Waals surface area contributed by atoms with Crippen molar-refractivity contribution in [2.45, 2.75) is 13.1 Å². The Morgan fingerprint density at radius 2 is 2.05 bits per heavy atom. The lowest BCUT2D eigenvalue weighted by Gasteiger charge is -2.24. The van der Waals surface area contributed by atoms with E-state index in [2.05, 4.69) is 5.43 Å². The van der Waals surface area contributed by atoms with Gasteiger partial charge in [-0.2, -0.15) is 13.2 Å². The predicted molar refractivity (Wildman–Crippen MR) is 64.8 cm³/mol. The topological polar surface area (TPSA) is 84.4 Å². The van der Waals surface area contributed by atoms with Crippen LogP contribution in [0.4, 0.5) is 30.2 Å². The molecule has 0 saturated carbocycles. The van der Waals surface area contributed by atoms with Crippen LogP contribution in [0.2, 0.25) is 0 Å². The molecule has 19 heavy (non-hydrogen) atoms. The normalized spacial score (nSPS) is 11.2. The van der Waals surface area contributed by atoms with Gasteiger partial charge in [0.25, 0.3) is 5.69 Å². The number of alkyl halides is 3. The monoisotopic (exact) mass is 278 g/mol. The second-order valence-electron chi connectivity index (χ2n) is 3.77. The third-order valence-electron chi connectivity index (χ3n) is 2.40. The number of halogens is 3. The SMILES string of the molecule is CCN(CC(F)(F)F)c1cc(NN)cc([N+](=O)[O-])c1. The average Bonchev–Trinajstić information content (AvgIpc) is 2.34. The molecule has 9 heteroatoms. The van der Waals surface area contributed by atoms with E-state index in [1.54, 1.807) is 0 Å². The molecule has 6 nitrogen and oxygen atoms in total. The highest BCUT2D eigenvalue weighted by Crippen LogP contribution is 2.28. The molecule has 0 aromatic heterocycles. The Kier molecular flexibility index (Phi) is 4.54. The molecule has 1 rings (SSSR count). The van der Waals surface area contributed by atoms with Gasteiger partial charge in [0.1, 0.15) is 6.54 Å². The summed E-state index contributed by atoms with van der Waals surface area (Å²) in [5.74, 6) is 5.14. The van der Waals surface area contributed by atoms with E-state index in [0.717, 1.165) is 17.0 Å². The first-order valence-electron chi connectivity index (χ1n) is 5.34. The largest absolute Gasteiger partial charge is 0.405 e. The molecular formula is C10H13F3N4O2. The highest BCUT2D eigenvalue weighted by molar-refractivity contribution is 5.64. The summed E-state index contributed by atoms with van der Waals surface area (Å²) in [4.78, 5) is 11.0. The number of rotatable bonds is 5. The van der Waals surface area contributed by atoms with E-state index in [4.69, 9.17) is 5.84 Å². The summed E-state index contributed by atoms with van der Waals surface area (Å²) in [6, 6.07) is 3.54. The van der Waals surface area contributed by atoms with E-state index < -0.39 is 17.6 Å². The fourth-order valence-electron chi connectivity index (χ4n) is 1.57. The predicted octanol–water partition coefficient (Wildman–Crippen LogP) is 2.27. The number of nitrogens with one attached hydrogen (secondary N) is 1. The third-order valence-corrected chi connectivity index (χ3v) is 2.40. The van der Waals surface area contributed by atoms with Gasteiger partial charge in [-0.15, -0.1) is 0 Å². The molecule has 0 saturated heterocycles. The second kappa shape index (κ2) is 5.74. The van der Waals surface area contributed by atoms with Crippen molar-refractivity contribution in [2.75, 3.05) is 23.4 Å². The number of benzene rings is 1. The summed E-state index contributed by atoms with van der Waals surface area (Å²) in [5, 5.41) is 10.7. The summed E-state index contributed by atoms with van der Waals surface area (Å²) < 4.78 is 37.2. The molecule has 0 fully saturated rings. The van der Waals surface area contributed by atoms with Crippen LogP contribution in [0.5, 0.6) is 0 Å². The maximum atomic E-state index is 12.4. The van der Waals surface area contributed by atoms with E-state index in [9.17, 15) is 23.3 Å². The standard InChI is InChI=1S/C10H13F3N4O2/c1-2-16(6-10(11,12)13)8-3-7(15-14)4-9(5-8)17(18)19/h3-5,15H,2,6,14H2,1H3. The van der Waals surface area contributed by atoms with Gasteiger partial charge in [0, 0.05) is 24.4 Å². The molecule has 0 unspecified atom stereocenters. The zero-order chi connectivity index (χ0) is 14.6. The number of hydrazine groups is 1. The molecule has 3 N–H and O–H groups in total. The maximum Gasteiger partial charge on any atom is 0.405 e. The van der Waals surface area contributed by atoms with Crippen molar-refractivity contribution in [3.8, 4) is 0 Å². The smallest absolute Gasteiger partial charge is 0.363 e. The number of non-ortho nitro benzene ring substituents is 1. The Bertz CT molecular complexity index is 465. The van der Waals surface area contributed by atoms with Crippen LogP contribution in [-0.4, -0.2) is 24.2 Å². The molecule has 0 heterocycles. The van der Waals surface area contributed by atoms with Crippen molar-refractivity contribution >= 4 is 17.1 Å². The Balaban J connectivity index is 3.15. The lowest BCUT2D eigenvalue weighted by molar-refractivity contribution is -0.384. The Hall–Kier alpha value is -2.03. The van der Waals surface area contributed by atoms with Crippen LogP contribution in [0, 0.1) is 10.1 Å². The minimum absolute atomic E-state index is 0.0602. The van der Waals surface area contributed by atoms with Gasteiger partial charge in [-0.1, -0.05) is 0 Å². The molecule has 106 valence electrons. The minimum atomic E-state index is -4.39. The van der Waals surface area contributed by atoms with Crippen molar-refractivity contribution in [1.82, 2.24) is 0 Å². The molecule has 0 aliphatic carbocycles. The van der Waals surface area contributed by atoms with Gasteiger partial charge in [0.15, 0.2) is 0 Å². The van der Waals surface area contributed by atoms with E-state index in [1.165, 1.54) is 13.0 Å². The Labute approximate surface area is 107 Å². The molecule has 1 aromatic carbocycles. The van der Waals surface area contributed by atoms with Crippen molar-refractivity contribution in [3.63, 3.8) is 0 Å². The number of nitrogens with two attached hydrogens (primary N) is 1. The molecule has 1 aromatic rings. The van der Waals surface area contributed by atoms with Crippen LogP contribution in [0.15, 0.2) is 18.2 Å². The number of hydrogen-bond donors (Lipinski definition) is 2. The van der Waals surface area contributed by atoms with Gasteiger partial charge in [-0.05, 0) is 13.0 Å². The first kappa shape index (κ1) is 15.0. The Morgan fingerprint density at radius 3 is 2.47 bits per heavy atom. The van der Waals surface area contributed by atoms with Crippen molar-refractivity contribution in [1.29, 1.82) is 0 Å². The van der Waals surface area contributed by atoms with Gasteiger partial charge >= 0.3 is 6.18 Å². The van der Waals surface area contributed by atoms with Crippen LogP contribution in [0.3, 0.4) is 0 Å². The van der Waals surface area contributed by atoms with Gasteiger partial charge < -0.3 is 10.3 Å². The number of nitrogen functional groups attached to an aromatic ring is 1. The van der Waals surface area contributed by atoms with Gasteiger partial charge in [-0.3, -0.25) is 16.0 Å². The zero-order valence-electron chi connectivity index (χ0n) is 10.1. The second-order valence-corrected chi connectivity index (χ2v) is 3.77. The number of nitrogens with zero attached hydrogens (tertiary/aromatic N) is 2. The van der Waals surface area contributed by atoms with E-state index >= 15 is 0 Å². The summed E-state index contributed by atoms with van der Waals surface area (Å²) in [6.45, 7) is 0.402. The fraction of sp³-hybridized carbons (Fsp3) is 0.400. The fourth-order valence-corrected chi connectivity index (χ4v) is 1.57. The highest BCUT2D eigenvalue weighted by atomic mass is 19.4. The van der Waals surface area contributed by atoms with Crippen LogP contribution in [0.25, 0.3) is 0 Å².